The highest BCUT2D eigenvalue weighted by Gasteiger charge is 2.17. The second kappa shape index (κ2) is 5.59. The fourth-order valence-electron chi connectivity index (χ4n) is 1.43. The molecule has 1 N–H and O–H groups in total. The zero-order valence-electron chi connectivity index (χ0n) is 8.41. The molecule has 0 atom stereocenters. The van der Waals surface area contributed by atoms with Gasteiger partial charge in [-0.15, -0.1) is 0 Å². The molecule has 2 amide bonds. The summed E-state index contributed by atoms with van der Waals surface area (Å²) in [6.45, 7) is 1.73. The van der Waals surface area contributed by atoms with Crippen molar-refractivity contribution >= 4 is 11.8 Å². The molecule has 0 aromatic carbocycles. The monoisotopic (exact) mass is 200 g/mol. The Kier molecular flexibility index (Phi) is 4.39. The maximum Gasteiger partial charge on any atom is 0.246 e. The van der Waals surface area contributed by atoms with Crippen LogP contribution < -0.4 is 5.32 Å². The third-order valence-corrected chi connectivity index (χ3v) is 2.17. The van der Waals surface area contributed by atoms with Crippen molar-refractivity contribution in [3.05, 3.63) is 0 Å². The van der Waals surface area contributed by atoms with E-state index < -0.39 is 0 Å². The summed E-state index contributed by atoms with van der Waals surface area (Å²) in [6.07, 6.45) is 2.13. The summed E-state index contributed by atoms with van der Waals surface area (Å²) in [5.41, 5.74) is 0. The molecule has 1 rings (SSSR count). The predicted molar refractivity (Wildman–Crippen MR) is 50.7 cm³/mol. The largest absolute Gasteiger partial charge is 0.375 e. The van der Waals surface area contributed by atoms with Crippen LogP contribution in [-0.2, 0) is 14.3 Å². The number of amides is 2. The number of hydrogen-bond acceptors (Lipinski definition) is 3. The van der Waals surface area contributed by atoms with Gasteiger partial charge in [0.2, 0.25) is 11.8 Å². The third-order valence-electron chi connectivity index (χ3n) is 2.17. The molecule has 5 heteroatoms. The van der Waals surface area contributed by atoms with Crippen molar-refractivity contribution in [2.24, 2.45) is 0 Å². The average Bonchev–Trinajstić information content (AvgIpc) is 2.67. The van der Waals surface area contributed by atoms with E-state index in [-0.39, 0.29) is 25.0 Å². The number of methoxy groups -OCH3 is 1. The lowest BCUT2D eigenvalue weighted by Crippen LogP contribution is -2.39. The molecule has 0 radical (unpaired) electrons. The minimum atomic E-state index is -0.250. The van der Waals surface area contributed by atoms with Gasteiger partial charge in [0.1, 0.15) is 6.61 Å². The lowest BCUT2D eigenvalue weighted by molar-refractivity contribution is -0.133. The van der Waals surface area contributed by atoms with Gasteiger partial charge in [-0.25, -0.2) is 0 Å². The third kappa shape index (κ3) is 3.33. The molecule has 0 saturated carbocycles. The van der Waals surface area contributed by atoms with E-state index in [2.05, 4.69) is 10.1 Å². The number of likely N-dealkylation sites (tertiary alicyclic amines) is 1. The maximum atomic E-state index is 11.4. The lowest BCUT2D eigenvalue weighted by atomic mass is 10.4. The van der Waals surface area contributed by atoms with E-state index in [0.717, 1.165) is 25.9 Å². The number of nitrogens with zero attached hydrogens (tertiary/aromatic N) is 1. The van der Waals surface area contributed by atoms with Gasteiger partial charge in [-0.05, 0) is 12.8 Å². The van der Waals surface area contributed by atoms with E-state index in [1.165, 1.54) is 7.11 Å². The molecule has 14 heavy (non-hydrogen) atoms. The van der Waals surface area contributed by atoms with Crippen LogP contribution in [0, 0.1) is 0 Å². The summed E-state index contributed by atoms with van der Waals surface area (Å²) in [7, 11) is 1.45. The number of rotatable bonds is 4. The molecule has 0 spiro atoms. The fraction of sp³-hybridized carbons (Fsp3) is 0.778. The molecule has 5 nitrogen and oxygen atoms in total. The Balaban J connectivity index is 2.17. The summed E-state index contributed by atoms with van der Waals surface area (Å²) in [6, 6.07) is 0. The molecule has 1 aliphatic rings. The summed E-state index contributed by atoms with van der Waals surface area (Å²) in [5.74, 6) is -0.257. The van der Waals surface area contributed by atoms with Gasteiger partial charge in [-0.1, -0.05) is 0 Å². The maximum absolute atomic E-state index is 11.4. The molecular weight excluding hydrogens is 184 g/mol. The average molecular weight is 200 g/mol. The van der Waals surface area contributed by atoms with Crippen LogP contribution in [0.1, 0.15) is 12.8 Å². The molecule has 0 aromatic rings. The topological polar surface area (TPSA) is 58.6 Å². The number of carbonyl (C=O) groups excluding carboxylic acids is 2. The van der Waals surface area contributed by atoms with Gasteiger partial charge in [-0.2, -0.15) is 0 Å². The second-order valence-corrected chi connectivity index (χ2v) is 3.30. The van der Waals surface area contributed by atoms with Gasteiger partial charge < -0.3 is 15.0 Å². The van der Waals surface area contributed by atoms with Crippen LogP contribution >= 0.6 is 0 Å². The molecule has 1 fully saturated rings. The van der Waals surface area contributed by atoms with Crippen LogP contribution in [0.2, 0.25) is 0 Å². The Bertz CT molecular complexity index is 212. The van der Waals surface area contributed by atoms with Crippen LogP contribution in [0.15, 0.2) is 0 Å². The first-order valence-corrected chi connectivity index (χ1v) is 4.77. The Morgan fingerprint density at radius 2 is 2.00 bits per heavy atom. The highest BCUT2D eigenvalue weighted by atomic mass is 16.5. The van der Waals surface area contributed by atoms with E-state index in [4.69, 9.17) is 0 Å². The van der Waals surface area contributed by atoms with E-state index >= 15 is 0 Å². The number of ether oxygens (including phenoxy) is 1. The minimum absolute atomic E-state index is 0.00722. The van der Waals surface area contributed by atoms with Crippen LogP contribution in [0.5, 0.6) is 0 Å². The van der Waals surface area contributed by atoms with Gasteiger partial charge in [0.05, 0.1) is 6.54 Å². The van der Waals surface area contributed by atoms with Gasteiger partial charge in [0.15, 0.2) is 0 Å². The summed E-state index contributed by atoms with van der Waals surface area (Å²) < 4.78 is 4.62. The number of nitrogens with one attached hydrogen (secondary N) is 1. The zero-order chi connectivity index (χ0) is 10.4. The molecule has 80 valence electrons. The summed E-state index contributed by atoms with van der Waals surface area (Å²) in [5, 5.41) is 2.51. The van der Waals surface area contributed by atoms with Crippen molar-refractivity contribution in [3.63, 3.8) is 0 Å². The van der Waals surface area contributed by atoms with Crippen molar-refractivity contribution in [2.75, 3.05) is 33.4 Å². The molecule has 1 heterocycles. The van der Waals surface area contributed by atoms with Crippen LogP contribution in [0.4, 0.5) is 0 Å². The summed E-state index contributed by atoms with van der Waals surface area (Å²) in [4.78, 5) is 24.2. The Morgan fingerprint density at radius 1 is 1.36 bits per heavy atom. The molecule has 0 aliphatic carbocycles. The van der Waals surface area contributed by atoms with Crippen molar-refractivity contribution in [1.82, 2.24) is 10.2 Å². The zero-order valence-corrected chi connectivity index (χ0v) is 8.41. The van der Waals surface area contributed by atoms with Crippen molar-refractivity contribution in [2.45, 2.75) is 12.8 Å². The smallest absolute Gasteiger partial charge is 0.246 e. The molecule has 0 bridgehead atoms. The van der Waals surface area contributed by atoms with Crippen LogP contribution in [0.3, 0.4) is 0 Å². The highest BCUT2D eigenvalue weighted by Crippen LogP contribution is 2.06. The minimum Gasteiger partial charge on any atom is -0.375 e. The van der Waals surface area contributed by atoms with Crippen molar-refractivity contribution < 1.29 is 14.3 Å². The summed E-state index contributed by atoms with van der Waals surface area (Å²) >= 11 is 0. The lowest BCUT2D eigenvalue weighted by Gasteiger charge is -2.15. The van der Waals surface area contributed by atoms with Crippen LogP contribution in [0.25, 0.3) is 0 Å². The van der Waals surface area contributed by atoms with Crippen molar-refractivity contribution in [3.8, 4) is 0 Å². The first-order valence-electron chi connectivity index (χ1n) is 4.77. The van der Waals surface area contributed by atoms with Gasteiger partial charge in [-0.3, -0.25) is 9.59 Å². The SMILES string of the molecule is COCC(=O)NCC(=O)N1CCCC1. The Morgan fingerprint density at radius 3 is 2.57 bits per heavy atom. The highest BCUT2D eigenvalue weighted by molar-refractivity contribution is 5.85. The normalized spacial score (nSPS) is 15.6. The van der Waals surface area contributed by atoms with E-state index in [1.807, 2.05) is 0 Å². The first kappa shape index (κ1) is 11.0. The van der Waals surface area contributed by atoms with E-state index in [1.54, 1.807) is 4.90 Å². The van der Waals surface area contributed by atoms with E-state index in [9.17, 15) is 9.59 Å². The van der Waals surface area contributed by atoms with Gasteiger partial charge in [0.25, 0.3) is 0 Å². The first-order chi connectivity index (χ1) is 6.74. The second-order valence-electron chi connectivity index (χ2n) is 3.30. The molecular formula is C9H16N2O3. The predicted octanol–water partition coefficient (Wildman–Crippen LogP) is -0.629. The van der Waals surface area contributed by atoms with Crippen molar-refractivity contribution in [1.29, 1.82) is 0 Å². The molecule has 1 aliphatic heterocycles. The Hall–Kier alpha value is -1.10. The molecule has 0 unspecified atom stereocenters. The van der Waals surface area contributed by atoms with Gasteiger partial charge in [0, 0.05) is 20.2 Å². The molecule has 0 aromatic heterocycles. The van der Waals surface area contributed by atoms with Gasteiger partial charge >= 0.3 is 0 Å². The number of carbonyl (C=O) groups is 2. The standard InChI is InChI=1S/C9H16N2O3/c1-14-7-8(12)10-6-9(13)11-4-2-3-5-11/h2-7H2,1H3,(H,10,12). The number of hydrogen-bond donors (Lipinski definition) is 1. The molecule has 1 saturated heterocycles. The fourth-order valence-corrected chi connectivity index (χ4v) is 1.43. The van der Waals surface area contributed by atoms with E-state index in [0.29, 0.717) is 0 Å². The Labute approximate surface area is 83.4 Å². The quantitative estimate of drug-likeness (QED) is 0.657. The van der Waals surface area contributed by atoms with Crippen LogP contribution in [-0.4, -0.2) is 50.1 Å².